The molecule has 1 nitrogen and oxygen atoms in total. The SMILES string of the molecule is Nc1cccccc2ccccccc1-2. The molecule has 2 rings (SSSR count). The van der Waals surface area contributed by atoms with Gasteiger partial charge in [-0.15, -0.1) is 0 Å². The molecule has 0 aromatic carbocycles. The van der Waals surface area contributed by atoms with E-state index in [0.717, 1.165) is 16.8 Å². The highest BCUT2D eigenvalue weighted by atomic mass is 14.5. The van der Waals surface area contributed by atoms with Crippen molar-refractivity contribution >= 4 is 5.69 Å². The summed E-state index contributed by atoms with van der Waals surface area (Å²) in [6.45, 7) is 0. The summed E-state index contributed by atoms with van der Waals surface area (Å²) in [5.41, 5.74) is 8.98. The zero-order valence-corrected chi connectivity index (χ0v) is 8.43. The summed E-state index contributed by atoms with van der Waals surface area (Å²) in [5.74, 6) is 0. The van der Waals surface area contributed by atoms with E-state index in [1.807, 2.05) is 54.6 Å². The second-order valence-electron chi connectivity index (χ2n) is 3.34. The van der Waals surface area contributed by atoms with Crippen molar-refractivity contribution in [2.24, 2.45) is 0 Å². The van der Waals surface area contributed by atoms with Crippen LogP contribution in [0.5, 0.6) is 0 Å². The van der Waals surface area contributed by atoms with Crippen molar-refractivity contribution in [3.8, 4) is 11.1 Å². The van der Waals surface area contributed by atoms with E-state index in [1.54, 1.807) is 0 Å². The normalized spacial score (nSPS) is 9.60. The van der Waals surface area contributed by atoms with Gasteiger partial charge in [0.05, 0.1) is 0 Å². The van der Waals surface area contributed by atoms with E-state index in [0.29, 0.717) is 0 Å². The Morgan fingerprint density at radius 2 is 1.13 bits per heavy atom. The second kappa shape index (κ2) is 4.47. The number of fused-ring (bicyclic) bond motifs is 1. The van der Waals surface area contributed by atoms with Gasteiger partial charge in [0.2, 0.25) is 0 Å². The van der Waals surface area contributed by atoms with Gasteiger partial charge in [-0.2, -0.15) is 0 Å². The van der Waals surface area contributed by atoms with E-state index in [-0.39, 0.29) is 0 Å². The fourth-order valence-corrected chi connectivity index (χ4v) is 1.51. The largest absolute Gasteiger partial charge is 0.398 e. The first kappa shape index (κ1) is 9.53. The van der Waals surface area contributed by atoms with Crippen molar-refractivity contribution < 1.29 is 0 Å². The minimum atomic E-state index is 0.793. The molecular weight excluding hydrogens is 182 g/mol. The number of nitrogens with two attached hydrogens (primary N) is 1. The monoisotopic (exact) mass is 195 g/mol. The van der Waals surface area contributed by atoms with Crippen LogP contribution in [0.15, 0.2) is 66.7 Å². The molecule has 15 heavy (non-hydrogen) atoms. The third kappa shape index (κ3) is 2.26. The van der Waals surface area contributed by atoms with E-state index in [2.05, 4.69) is 12.1 Å². The molecule has 0 bridgehead atoms. The lowest BCUT2D eigenvalue weighted by molar-refractivity contribution is 1.62. The predicted octanol–water partition coefficient (Wildman–Crippen LogP) is 3.50. The zero-order valence-electron chi connectivity index (χ0n) is 8.43. The van der Waals surface area contributed by atoms with E-state index >= 15 is 0 Å². The molecule has 0 saturated heterocycles. The van der Waals surface area contributed by atoms with Crippen LogP contribution in [-0.2, 0) is 0 Å². The third-order valence-corrected chi connectivity index (χ3v) is 2.27. The number of anilines is 1. The summed E-state index contributed by atoms with van der Waals surface area (Å²) in [6.07, 6.45) is 0. The lowest BCUT2D eigenvalue weighted by Gasteiger charge is -2.02. The van der Waals surface area contributed by atoms with Crippen molar-refractivity contribution in [3.63, 3.8) is 0 Å². The topological polar surface area (TPSA) is 26.0 Å². The van der Waals surface area contributed by atoms with Gasteiger partial charge in [0.25, 0.3) is 0 Å². The van der Waals surface area contributed by atoms with Gasteiger partial charge in [-0.3, -0.25) is 0 Å². The van der Waals surface area contributed by atoms with Crippen LogP contribution in [0.4, 0.5) is 5.69 Å². The Labute approximate surface area is 89.8 Å². The average Bonchev–Trinajstić information content (AvgIpc) is 2.18. The fraction of sp³-hybridized carbons (Fsp3) is 0. The second-order valence-corrected chi connectivity index (χ2v) is 3.34. The van der Waals surface area contributed by atoms with Gasteiger partial charge in [0.1, 0.15) is 0 Å². The van der Waals surface area contributed by atoms with Crippen molar-refractivity contribution in [3.05, 3.63) is 66.7 Å². The molecule has 0 amide bonds. The molecule has 1 heteroatoms. The Morgan fingerprint density at radius 1 is 0.600 bits per heavy atom. The number of nitrogen functional groups attached to an aromatic ring is 1. The Bertz CT molecular complexity index is 472. The summed E-state index contributed by atoms with van der Waals surface area (Å²) in [4.78, 5) is 0. The molecule has 0 heterocycles. The van der Waals surface area contributed by atoms with Crippen LogP contribution in [0, 0.1) is 0 Å². The Hall–Kier alpha value is -2.02. The number of hydrogen-bond acceptors (Lipinski definition) is 1. The summed E-state index contributed by atoms with van der Waals surface area (Å²) in [6, 6.07) is 22.0. The predicted molar refractivity (Wildman–Crippen MR) is 65.1 cm³/mol. The molecule has 0 spiro atoms. The molecule has 0 saturated carbocycles. The average molecular weight is 195 g/mol. The van der Waals surface area contributed by atoms with E-state index in [1.165, 1.54) is 0 Å². The molecular formula is C14H13N. The maximum absolute atomic E-state index is 5.99. The molecule has 0 aromatic heterocycles. The summed E-state index contributed by atoms with van der Waals surface area (Å²) < 4.78 is 0. The molecule has 0 atom stereocenters. The van der Waals surface area contributed by atoms with Crippen molar-refractivity contribution in [2.45, 2.75) is 0 Å². The van der Waals surface area contributed by atoms with Crippen LogP contribution >= 0.6 is 0 Å². The molecule has 0 unspecified atom stereocenters. The third-order valence-electron chi connectivity index (χ3n) is 2.27. The summed E-state index contributed by atoms with van der Waals surface area (Å²) >= 11 is 0. The molecule has 0 aliphatic heterocycles. The van der Waals surface area contributed by atoms with Crippen molar-refractivity contribution in [2.75, 3.05) is 5.73 Å². The van der Waals surface area contributed by atoms with Crippen LogP contribution in [0.3, 0.4) is 0 Å². The Morgan fingerprint density at radius 3 is 1.87 bits per heavy atom. The van der Waals surface area contributed by atoms with E-state index in [9.17, 15) is 0 Å². The first-order chi connectivity index (χ1) is 7.38. The van der Waals surface area contributed by atoms with Gasteiger partial charge in [-0.05, 0) is 11.6 Å². The Balaban J connectivity index is 2.80. The highest BCUT2D eigenvalue weighted by Crippen LogP contribution is 2.23. The van der Waals surface area contributed by atoms with Gasteiger partial charge in [0, 0.05) is 11.3 Å². The Kier molecular flexibility index (Phi) is 2.84. The molecule has 2 N–H and O–H groups in total. The van der Waals surface area contributed by atoms with Crippen LogP contribution in [0.25, 0.3) is 11.1 Å². The smallest absolute Gasteiger partial charge is 0.0393 e. The van der Waals surface area contributed by atoms with Gasteiger partial charge in [-0.25, -0.2) is 0 Å². The first-order valence-corrected chi connectivity index (χ1v) is 4.94. The number of rotatable bonds is 0. The minimum absolute atomic E-state index is 0.793. The molecule has 0 aromatic rings. The maximum atomic E-state index is 5.99. The molecule has 2 aliphatic carbocycles. The number of hydrogen-bond donors (Lipinski definition) is 1. The molecule has 2 aliphatic rings. The quantitative estimate of drug-likeness (QED) is 0.684. The molecule has 0 fully saturated rings. The van der Waals surface area contributed by atoms with Gasteiger partial charge in [-0.1, -0.05) is 60.7 Å². The maximum Gasteiger partial charge on any atom is 0.0393 e. The van der Waals surface area contributed by atoms with Crippen LogP contribution < -0.4 is 5.73 Å². The lowest BCUT2D eigenvalue weighted by atomic mass is 10.1. The van der Waals surface area contributed by atoms with E-state index in [4.69, 9.17) is 5.73 Å². The van der Waals surface area contributed by atoms with Gasteiger partial charge >= 0.3 is 0 Å². The van der Waals surface area contributed by atoms with Crippen LogP contribution in [-0.4, -0.2) is 0 Å². The van der Waals surface area contributed by atoms with Crippen LogP contribution in [0.1, 0.15) is 0 Å². The van der Waals surface area contributed by atoms with Crippen molar-refractivity contribution in [1.29, 1.82) is 0 Å². The van der Waals surface area contributed by atoms with Gasteiger partial charge < -0.3 is 5.73 Å². The lowest BCUT2D eigenvalue weighted by Crippen LogP contribution is -1.87. The fourth-order valence-electron chi connectivity index (χ4n) is 1.51. The zero-order chi connectivity index (χ0) is 10.5. The van der Waals surface area contributed by atoms with Crippen LogP contribution in [0.2, 0.25) is 0 Å². The first-order valence-electron chi connectivity index (χ1n) is 4.94. The highest BCUT2D eigenvalue weighted by molar-refractivity contribution is 5.75. The summed E-state index contributed by atoms with van der Waals surface area (Å²) in [5, 5.41) is 0. The molecule has 0 radical (unpaired) electrons. The summed E-state index contributed by atoms with van der Waals surface area (Å²) in [7, 11) is 0. The molecule has 74 valence electrons. The van der Waals surface area contributed by atoms with E-state index < -0.39 is 0 Å². The standard InChI is InChI=1S/C14H13N/c15-14-11-7-3-5-9-12-8-4-1-2-6-10-13(12)14/h1-11H,15H2. The minimum Gasteiger partial charge on any atom is -0.398 e. The van der Waals surface area contributed by atoms with Crippen molar-refractivity contribution in [1.82, 2.24) is 0 Å². The van der Waals surface area contributed by atoms with Gasteiger partial charge in [0.15, 0.2) is 0 Å². The highest BCUT2D eigenvalue weighted by Gasteiger charge is 1.97.